The molecule has 5 heteroatoms. The first-order valence-electron chi connectivity index (χ1n) is 6.61. The first-order chi connectivity index (χ1) is 8.92. The molecule has 0 bridgehead atoms. The lowest BCUT2D eigenvalue weighted by molar-refractivity contribution is 0.251. The molecule has 1 aliphatic heterocycles. The molecular formula is C14H19ClN2OS. The fourth-order valence-corrected chi connectivity index (χ4v) is 3.24. The maximum absolute atomic E-state index is 5.78. The second kappa shape index (κ2) is 7.08. The van der Waals surface area contributed by atoms with Gasteiger partial charge >= 0.3 is 0 Å². The van der Waals surface area contributed by atoms with Crippen LogP contribution in [0.15, 0.2) is 24.3 Å². The minimum absolute atomic E-state index is 0. The number of thiazole rings is 1. The zero-order valence-electron chi connectivity index (χ0n) is 10.8. The molecule has 3 nitrogen and oxygen atoms in total. The maximum atomic E-state index is 5.78. The molecule has 1 aromatic carbocycles. The molecule has 0 unspecified atom stereocenters. The third-order valence-corrected chi connectivity index (χ3v) is 4.43. The number of hydrogen-bond donors (Lipinski definition) is 1. The van der Waals surface area contributed by atoms with E-state index in [1.54, 1.807) is 11.3 Å². The number of ether oxygens (including phenoxy) is 1. The largest absolute Gasteiger partial charge is 0.470 e. The number of benzene rings is 1. The fourth-order valence-electron chi connectivity index (χ4n) is 2.40. The van der Waals surface area contributed by atoms with Crippen molar-refractivity contribution in [2.45, 2.75) is 19.3 Å². The number of nitrogens with zero attached hydrogens (tertiary/aromatic N) is 1. The summed E-state index contributed by atoms with van der Waals surface area (Å²) in [6, 6.07) is 8.18. The molecule has 0 saturated carbocycles. The van der Waals surface area contributed by atoms with E-state index in [1.165, 1.54) is 17.5 Å². The van der Waals surface area contributed by atoms with Crippen LogP contribution >= 0.6 is 23.7 Å². The van der Waals surface area contributed by atoms with Gasteiger partial charge in [0.2, 0.25) is 0 Å². The third-order valence-electron chi connectivity index (χ3n) is 3.48. The number of hydrogen-bond acceptors (Lipinski definition) is 4. The lowest BCUT2D eigenvalue weighted by atomic mass is 9.95. The summed E-state index contributed by atoms with van der Waals surface area (Å²) in [5.74, 6) is 0.820. The highest BCUT2D eigenvalue weighted by Crippen LogP contribution is 2.27. The average Bonchev–Trinajstić information content (AvgIpc) is 2.82. The lowest BCUT2D eigenvalue weighted by Crippen LogP contribution is -2.28. The van der Waals surface area contributed by atoms with E-state index in [0.717, 1.165) is 42.7 Å². The summed E-state index contributed by atoms with van der Waals surface area (Å²) in [5.41, 5.74) is 1.04. The van der Waals surface area contributed by atoms with Crippen LogP contribution in [-0.4, -0.2) is 24.7 Å². The standard InChI is InChI=1S/C14H18N2OS.ClH/c1-2-4-13-12(3-1)16-14(18-13)17-10-7-11-5-8-15-9-6-11;/h1-4,11,15H,5-10H2;1H. The topological polar surface area (TPSA) is 34.1 Å². The van der Waals surface area contributed by atoms with Crippen LogP contribution in [-0.2, 0) is 0 Å². The van der Waals surface area contributed by atoms with Crippen molar-refractivity contribution in [2.24, 2.45) is 5.92 Å². The Balaban J connectivity index is 0.00000133. The van der Waals surface area contributed by atoms with Gasteiger partial charge in [0, 0.05) is 0 Å². The van der Waals surface area contributed by atoms with Gasteiger partial charge in [-0.25, -0.2) is 4.98 Å². The highest BCUT2D eigenvalue weighted by molar-refractivity contribution is 7.20. The molecule has 2 heterocycles. The molecule has 2 aromatic rings. The molecule has 1 aliphatic rings. The van der Waals surface area contributed by atoms with Gasteiger partial charge in [-0.15, -0.1) is 12.4 Å². The summed E-state index contributed by atoms with van der Waals surface area (Å²) in [4.78, 5) is 4.48. The van der Waals surface area contributed by atoms with Crippen molar-refractivity contribution in [3.8, 4) is 5.19 Å². The molecule has 19 heavy (non-hydrogen) atoms. The summed E-state index contributed by atoms with van der Waals surface area (Å²) in [6.07, 6.45) is 3.71. The highest BCUT2D eigenvalue weighted by Gasteiger charge is 2.13. The summed E-state index contributed by atoms with van der Waals surface area (Å²) in [6.45, 7) is 3.11. The Morgan fingerprint density at radius 1 is 1.26 bits per heavy atom. The van der Waals surface area contributed by atoms with Crippen molar-refractivity contribution >= 4 is 34.0 Å². The molecule has 1 saturated heterocycles. The number of aromatic nitrogens is 1. The first-order valence-corrected chi connectivity index (χ1v) is 7.42. The predicted octanol–water partition coefficient (Wildman–Crippen LogP) is 3.49. The van der Waals surface area contributed by atoms with Gasteiger partial charge in [0.05, 0.1) is 16.8 Å². The Morgan fingerprint density at radius 3 is 2.84 bits per heavy atom. The number of fused-ring (bicyclic) bond motifs is 1. The van der Waals surface area contributed by atoms with Crippen molar-refractivity contribution in [1.82, 2.24) is 10.3 Å². The quantitative estimate of drug-likeness (QED) is 0.938. The molecule has 0 radical (unpaired) electrons. The Kier molecular flexibility index (Phi) is 5.43. The van der Waals surface area contributed by atoms with Crippen LogP contribution in [0.25, 0.3) is 10.2 Å². The van der Waals surface area contributed by atoms with Gasteiger partial charge in [0.15, 0.2) is 0 Å². The molecule has 1 N–H and O–H groups in total. The molecule has 0 aliphatic carbocycles. The van der Waals surface area contributed by atoms with E-state index >= 15 is 0 Å². The zero-order chi connectivity index (χ0) is 12.2. The predicted molar refractivity (Wildman–Crippen MR) is 82.6 cm³/mol. The smallest absolute Gasteiger partial charge is 0.274 e. The van der Waals surface area contributed by atoms with E-state index in [2.05, 4.69) is 16.4 Å². The number of piperidine rings is 1. The van der Waals surface area contributed by atoms with Crippen LogP contribution in [0.2, 0.25) is 0 Å². The van der Waals surface area contributed by atoms with Crippen molar-refractivity contribution in [3.05, 3.63) is 24.3 Å². The second-order valence-electron chi connectivity index (χ2n) is 4.78. The molecule has 1 aromatic heterocycles. The van der Waals surface area contributed by atoms with Crippen molar-refractivity contribution < 1.29 is 4.74 Å². The van der Waals surface area contributed by atoms with Gasteiger partial charge in [0.25, 0.3) is 5.19 Å². The van der Waals surface area contributed by atoms with E-state index in [9.17, 15) is 0 Å². The van der Waals surface area contributed by atoms with Crippen LogP contribution < -0.4 is 10.1 Å². The molecule has 1 fully saturated rings. The zero-order valence-corrected chi connectivity index (χ0v) is 12.4. The van der Waals surface area contributed by atoms with E-state index < -0.39 is 0 Å². The fraction of sp³-hybridized carbons (Fsp3) is 0.500. The number of rotatable bonds is 4. The second-order valence-corrected chi connectivity index (χ2v) is 5.77. The molecule has 3 rings (SSSR count). The van der Waals surface area contributed by atoms with Crippen LogP contribution in [0.5, 0.6) is 5.19 Å². The minimum atomic E-state index is 0. The van der Waals surface area contributed by atoms with E-state index in [0.29, 0.717) is 0 Å². The summed E-state index contributed by atoms with van der Waals surface area (Å²) < 4.78 is 6.98. The van der Waals surface area contributed by atoms with E-state index in [1.807, 2.05) is 18.2 Å². The Morgan fingerprint density at radius 2 is 2.05 bits per heavy atom. The van der Waals surface area contributed by atoms with Gasteiger partial charge in [-0.1, -0.05) is 23.5 Å². The Labute approximate surface area is 123 Å². The van der Waals surface area contributed by atoms with Crippen molar-refractivity contribution in [2.75, 3.05) is 19.7 Å². The SMILES string of the molecule is Cl.c1ccc2sc(OCCC3CCNCC3)nc2c1. The van der Waals surface area contributed by atoms with Gasteiger partial charge in [-0.2, -0.15) is 0 Å². The van der Waals surface area contributed by atoms with E-state index in [4.69, 9.17) is 4.74 Å². The lowest BCUT2D eigenvalue weighted by Gasteiger charge is -2.21. The molecule has 104 valence electrons. The molecular weight excluding hydrogens is 280 g/mol. The highest BCUT2D eigenvalue weighted by atomic mass is 35.5. The Bertz CT molecular complexity index is 478. The first kappa shape index (κ1) is 14.6. The molecule has 0 atom stereocenters. The minimum Gasteiger partial charge on any atom is -0.470 e. The maximum Gasteiger partial charge on any atom is 0.274 e. The average molecular weight is 299 g/mol. The third kappa shape index (κ3) is 3.81. The summed E-state index contributed by atoms with van der Waals surface area (Å²) >= 11 is 1.64. The molecule has 0 spiro atoms. The van der Waals surface area contributed by atoms with Crippen molar-refractivity contribution in [1.29, 1.82) is 0 Å². The van der Waals surface area contributed by atoms with E-state index in [-0.39, 0.29) is 12.4 Å². The number of para-hydroxylation sites is 1. The summed E-state index contributed by atoms with van der Waals surface area (Å²) in [5, 5.41) is 4.20. The van der Waals surface area contributed by atoms with Crippen molar-refractivity contribution in [3.63, 3.8) is 0 Å². The van der Waals surface area contributed by atoms with Crippen LogP contribution in [0.1, 0.15) is 19.3 Å². The number of halogens is 1. The van der Waals surface area contributed by atoms with Gasteiger partial charge in [-0.05, 0) is 50.4 Å². The Hall–Kier alpha value is -0.840. The van der Waals surface area contributed by atoms with Crippen LogP contribution in [0.3, 0.4) is 0 Å². The molecule has 0 amide bonds. The van der Waals surface area contributed by atoms with Gasteiger partial charge in [-0.3, -0.25) is 0 Å². The van der Waals surface area contributed by atoms with Crippen LogP contribution in [0.4, 0.5) is 0 Å². The summed E-state index contributed by atoms with van der Waals surface area (Å²) in [7, 11) is 0. The monoisotopic (exact) mass is 298 g/mol. The van der Waals surface area contributed by atoms with Gasteiger partial charge in [0.1, 0.15) is 0 Å². The number of nitrogens with one attached hydrogen (secondary N) is 1. The normalized spacial score (nSPS) is 16.2. The van der Waals surface area contributed by atoms with Crippen LogP contribution in [0, 0.1) is 5.92 Å². The van der Waals surface area contributed by atoms with Gasteiger partial charge < -0.3 is 10.1 Å².